The van der Waals surface area contributed by atoms with Crippen molar-refractivity contribution in [2.24, 2.45) is 0 Å². The van der Waals surface area contributed by atoms with Gasteiger partial charge in [-0.1, -0.05) is 50.2 Å². The Morgan fingerprint density at radius 3 is 2.35 bits per heavy atom. The molecular weight excluding hydrogens is 288 g/mol. The number of nitrogens with zero attached hydrogens (tertiary/aromatic N) is 1. The summed E-state index contributed by atoms with van der Waals surface area (Å²) in [6, 6.07) is 8.41. The second-order valence-corrected chi connectivity index (χ2v) is 6.09. The molecule has 4 heteroatoms. The Hall–Kier alpha value is -2.10. The monoisotopic (exact) mass is 314 g/mol. The topological polar surface area (TPSA) is 55.1 Å². The van der Waals surface area contributed by atoms with E-state index in [4.69, 9.17) is 4.52 Å². The molecule has 0 aliphatic rings. The maximum Gasteiger partial charge on any atom is 0.257 e. The van der Waals surface area contributed by atoms with Crippen LogP contribution in [0.3, 0.4) is 0 Å². The molecule has 0 aliphatic heterocycles. The van der Waals surface area contributed by atoms with Crippen molar-refractivity contribution < 1.29 is 9.32 Å². The predicted molar refractivity (Wildman–Crippen MR) is 91.6 cm³/mol. The van der Waals surface area contributed by atoms with Crippen molar-refractivity contribution in [3.8, 4) is 0 Å². The number of aryl methyl sites for hydroxylation is 2. The number of nitrogens with one attached hydrogen (secondary N) is 1. The van der Waals surface area contributed by atoms with Crippen LogP contribution in [0.5, 0.6) is 0 Å². The van der Waals surface area contributed by atoms with E-state index in [9.17, 15) is 4.79 Å². The Morgan fingerprint density at radius 1 is 1.17 bits per heavy atom. The van der Waals surface area contributed by atoms with Gasteiger partial charge < -0.3 is 9.84 Å². The maximum absolute atomic E-state index is 12.5. The summed E-state index contributed by atoms with van der Waals surface area (Å²) >= 11 is 0. The third-order valence-corrected chi connectivity index (χ3v) is 4.46. The molecule has 2 rings (SSSR count). The molecule has 2 aromatic rings. The predicted octanol–water partition coefficient (Wildman–Crippen LogP) is 4.55. The normalized spacial score (nSPS) is 13.6. The number of carbonyl (C=O) groups is 1. The number of amides is 1. The van der Waals surface area contributed by atoms with Gasteiger partial charge in [0.05, 0.1) is 11.7 Å². The fourth-order valence-corrected chi connectivity index (χ4v) is 2.65. The van der Waals surface area contributed by atoms with E-state index in [2.05, 4.69) is 48.6 Å². The van der Waals surface area contributed by atoms with Crippen molar-refractivity contribution in [2.75, 3.05) is 0 Å². The molecule has 1 amide bonds. The van der Waals surface area contributed by atoms with E-state index in [1.165, 1.54) is 5.56 Å². The zero-order valence-electron chi connectivity index (χ0n) is 14.6. The molecule has 1 aromatic heterocycles. The first kappa shape index (κ1) is 17.3. The Kier molecular flexibility index (Phi) is 5.59. The van der Waals surface area contributed by atoms with E-state index >= 15 is 0 Å². The summed E-state index contributed by atoms with van der Waals surface area (Å²) in [4.78, 5) is 12.5. The van der Waals surface area contributed by atoms with Crippen molar-refractivity contribution in [2.45, 2.75) is 59.4 Å². The highest BCUT2D eigenvalue weighted by molar-refractivity contribution is 5.96. The molecule has 1 heterocycles. The number of carbonyl (C=O) groups excluding carboxylic acids is 1. The summed E-state index contributed by atoms with van der Waals surface area (Å²) in [5.74, 6) is 0.999. The molecule has 0 saturated heterocycles. The SMILES string of the molecule is CCc1noc(C)c1C(=O)N[C@H](C)c1ccc([C@H](C)CC)cc1. The smallest absolute Gasteiger partial charge is 0.257 e. The molecule has 0 aliphatic carbocycles. The van der Waals surface area contributed by atoms with Crippen molar-refractivity contribution in [1.29, 1.82) is 0 Å². The molecule has 4 nitrogen and oxygen atoms in total. The van der Waals surface area contributed by atoms with Crippen molar-refractivity contribution >= 4 is 5.91 Å². The standard InChI is InChI=1S/C19H26N2O2/c1-6-12(3)15-8-10-16(11-9-15)13(4)20-19(22)18-14(5)23-21-17(18)7-2/h8-13H,6-7H2,1-5H3,(H,20,22)/t12-,13-/m1/s1. The molecule has 0 bridgehead atoms. The van der Waals surface area contributed by atoms with Crippen LogP contribution in [0.25, 0.3) is 0 Å². The largest absolute Gasteiger partial charge is 0.361 e. The van der Waals surface area contributed by atoms with Gasteiger partial charge in [0.15, 0.2) is 0 Å². The molecular formula is C19H26N2O2. The Balaban J connectivity index is 2.10. The summed E-state index contributed by atoms with van der Waals surface area (Å²) in [5, 5.41) is 6.98. The third kappa shape index (κ3) is 3.81. The van der Waals surface area contributed by atoms with E-state index < -0.39 is 0 Å². The van der Waals surface area contributed by atoms with Crippen LogP contribution in [-0.4, -0.2) is 11.1 Å². The lowest BCUT2D eigenvalue weighted by Crippen LogP contribution is -2.27. The lowest BCUT2D eigenvalue weighted by atomic mass is 9.96. The highest BCUT2D eigenvalue weighted by Crippen LogP contribution is 2.22. The molecule has 1 aromatic carbocycles. The molecule has 1 N–H and O–H groups in total. The quantitative estimate of drug-likeness (QED) is 0.851. The van der Waals surface area contributed by atoms with Gasteiger partial charge in [-0.2, -0.15) is 0 Å². The van der Waals surface area contributed by atoms with Crippen molar-refractivity contribution in [1.82, 2.24) is 10.5 Å². The fraction of sp³-hybridized carbons (Fsp3) is 0.474. The second kappa shape index (κ2) is 7.44. The lowest BCUT2D eigenvalue weighted by Gasteiger charge is -2.16. The Bertz CT molecular complexity index is 659. The summed E-state index contributed by atoms with van der Waals surface area (Å²) in [6.07, 6.45) is 1.80. The number of hydrogen-bond donors (Lipinski definition) is 1. The first-order valence-corrected chi connectivity index (χ1v) is 8.33. The van der Waals surface area contributed by atoms with E-state index in [1.807, 2.05) is 13.8 Å². The van der Waals surface area contributed by atoms with E-state index in [1.54, 1.807) is 6.92 Å². The van der Waals surface area contributed by atoms with Crippen LogP contribution in [0.15, 0.2) is 28.8 Å². The van der Waals surface area contributed by atoms with Gasteiger partial charge in [0, 0.05) is 0 Å². The van der Waals surface area contributed by atoms with Gasteiger partial charge in [0.25, 0.3) is 5.91 Å². The minimum absolute atomic E-state index is 0.0625. The first-order chi connectivity index (χ1) is 11.0. The number of rotatable bonds is 6. The summed E-state index contributed by atoms with van der Waals surface area (Å²) in [5.41, 5.74) is 3.70. The van der Waals surface area contributed by atoms with Crippen LogP contribution in [-0.2, 0) is 6.42 Å². The van der Waals surface area contributed by atoms with Gasteiger partial charge in [0.2, 0.25) is 0 Å². The lowest BCUT2D eigenvalue weighted by molar-refractivity contribution is 0.0937. The molecule has 0 spiro atoms. The van der Waals surface area contributed by atoms with Gasteiger partial charge in [-0.25, -0.2) is 0 Å². The zero-order valence-corrected chi connectivity index (χ0v) is 14.6. The highest BCUT2D eigenvalue weighted by Gasteiger charge is 2.21. The molecule has 2 atom stereocenters. The van der Waals surface area contributed by atoms with Crippen LogP contribution in [0.4, 0.5) is 0 Å². The second-order valence-electron chi connectivity index (χ2n) is 6.09. The average molecular weight is 314 g/mol. The van der Waals surface area contributed by atoms with E-state index in [-0.39, 0.29) is 11.9 Å². The molecule has 0 saturated carbocycles. The highest BCUT2D eigenvalue weighted by atomic mass is 16.5. The summed E-state index contributed by atoms with van der Waals surface area (Å²) in [7, 11) is 0. The van der Waals surface area contributed by atoms with Gasteiger partial charge in [-0.15, -0.1) is 0 Å². The molecule has 0 unspecified atom stereocenters. The number of benzene rings is 1. The minimum Gasteiger partial charge on any atom is -0.361 e. The maximum atomic E-state index is 12.5. The van der Waals surface area contributed by atoms with Crippen LogP contribution < -0.4 is 5.32 Å². The van der Waals surface area contributed by atoms with Crippen LogP contribution in [0, 0.1) is 6.92 Å². The van der Waals surface area contributed by atoms with E-state index in [0.717, 1.165) is 12.0 Å². The average Bonchev–Trinajstić information content (AvgIpc) is 2.95. The zero-order chi connectivity index (χ0) is 17.0. The minimum atomic E-state index is -0.126. The summed E-state index contributed by atoms with van der Waals surface area (Å²) < 4.78 is 5.14. The fourth-order valence-electron chi connectivity index (χ4n) is 2.65. The first-order valence-electron chi connectivity index (χ1n) is 8.33. The van der Waals surface area contributed by atoms with Crippen LogP contribution in [0.2, 0.25) is 0 Å². The molecule has 0 fully saturated rings. The van der Waals surface area contributed by atoms with Crippen LogP contribution in [0.1, 0.15) is 79.0 Å². The van der Waals surface area contributed by atoms with Crippen LogP contribution >= 0.6 is 0 Å². The Morgan fingerprint density at radius 2 is 1.78 bits per heavy atom. The number of hydrogen-bond acceptors (Lipinski definition) is 3. The van der Waals surface area contributed by atoms with Gasteiger partial charge >= 0.3 is 0 Å². The van der Waals surface area contributed by atoms with Gasteiger partial charge in [-0.05, 0) is 43.7 Å². The van der Waals surface area contributed by atoms with Crippen molar-refractivity contribution in [3.63, 3.8) is 0 Å². The number of aromatic nitrogens is 1. The van der Waals surface area contributed by atoms with Gasteiger partial charge in [-0.3, -0.25) is 4.79 Å². The molecule has 124 valence electrons. The van der Waals surface area contributed by atoms with Crippen molar-refractivity contribution in [3.05, 3.63) is 52.4 Å². The molecule has 23 heavy (non-hydrogen) atoms. The Labute approximate surface area is 138 Å². The van der Waals surface area contributed by atoms with E-state index in [0.29, 0.717) is 29.4 Å². The van der Waals surface area contributed by atoms with Gasteiger partial charge in [0.1, 0.15) is 11.3 Å². The molecule has 0 radical (unpaired) electrons. The third-order valence-electron chi connectivity index (χ3n) is 4.46. The summed E-state index contributed by atoms with van der Waals surface area (Å²) in [6.45, 7) is 10.1.